The van der Waals surface area contributed by atoms with Gasteiger partial charge in [-0.3, -0.25) is 0 Å². The zero-order valence-corrected chi connectivity index (χ0v) is 11.7. The van der Waals surface area contributed by atoms with Crippen LogP contribution in [0.15, 0.2) is 12.4 Å². The van der Waals surface area contributed by atoms with Crippen LogP contribution in [0.25, 0.3) is 0 Å². The molecule has 0 unspecified atom stereocenters. The fourth-order valence-corrected chi connectivity index (χ4v) is 2.65. The molecular formula is C14H23N3O2. The average molecular weight is 265 g/mol. The third-order valence-corrected chi connectivity index (χ3v) is 3.90. The first kappa shape index (κ1) is 14.1. The Kier molecular flexibility index (Phi) is 4.96. The van der Waals surface area contributed by atoms with Crippen LogP contribution >= 0.6 is 0 Å². The molecule has 1 N–H and O–H groups in total. The molecule has 1 aromatic heterocycles. The Hall–Kier alpha value is -1.36. The number of aliphatic hydroxyl groups is 1. The van der Waals surface area contributed by atoms with Gasteiger partial charge in [0.2, 0.25) is 5.88 Å². The minimum absolute atomic E-state index is 0.318. The summed E-state index contributed by atoms with van der Waals surface area (Å²) in [4.78, 5) is 10.6. The van der Waals surface area contributed by atoms with Crippen LogP contribution in [0, 0.1) is 5.92 Å². The molecule has 0 saturated heterocycles. The van der Waals surface area contributed by atoms with E-state index in [1.807, 2.05) is 13.0 Å². The molecule has 2 rings (SSSR count). The van der Waals surface area contributed by atoms with E-state index in [-0.39, 0.29) is 0 Å². The molecule has 19 heavy (non-hydrogen) atoms. The number of nitrogens with zero attached hydrogens (tertiary/aromatic N) is 3. The third-order valence-electron chi connectivity index (χ3n) is 3.90. The first-order chi connectivity index (χ1) is 9.24. The summed E-state index contributed by atoms with van der Waals surface area (Å²) in [5.41, 5.74) is 0. The molecule has 0 aromatic carbocycles. The largest absolute Gasteiger partial charge is 0.478 e. The minimum Gasteiger partial charge on any atom is -0.478 e. The molecule has 0 radical (unpaired) electrons. The van der Waals surface area contributed by atoms with Gasteiger partial charge in [-0.05, 0) is 38.5 Å². The first-order valence-electron chi connectivity index (χ1n) is 7.03. The Morgan fingerprint density at radius 1 is 1.32 bits per heavy atom. The lowest BCUT2D eigenvalue weighted by molar-refractivity contribution is 0.182. The molecule has 1 aliphatic rings. The topological polar surface area (TPSA) is 58.5 Å². The summed E-state index contributed by atoms with van der Waals surface area (Å²) in [6.45, 7) is 2.88. The van der Waals surface area contributed by atoms with E-state index in [0.29, 0.717) is 31.1 Å². The molecule has 5 heteroatoms. The van der Waals surface area contributed by atoms with Crippen molar-refractivity contribution in [1.29, 1.82) is 0 Å². The fourth-order valence-electron chi connectivity index (χ4n) is 2.65. The van der Waals surface area contributed by atoms with Gasteiger partial charge in [0.15, 0.2) is 0 Å². The summed E-state index contributed by atoms with van der Waals surface area (Å²) >= 11 is 0. The molecule has 0 atom stereocenters. The maximum Gasteiger partial charge on any atom is 0.218 e. The lowest BCUT2D eigenvalue weighted by atomic mass is 9.86. The normalized spacial score (nSPS) is 23.1. The standard InChI is InChI=1S/C14H23N3O2/c1-3-19-14-8-13(15-10-16-14)17(2)12-6-4-11(9-18)5-7-12/h8,10-12,18H,3-7,9H2,1-2H3. The van der Waals surface area contributed by atoms with E-state index in [9.17, 15) is 5.11 Å². The molecule has 1 heterocycles. The highest BCUT2D eigenvalue weighted by atomic mass is 16.5. The molecule has 0 spiro atoms. The number of aromatic nitrogens is 2. The number of anilines is 1. The van der Waals surface area contributed by atoms with Crippen molar-refractivity contribution < 1.29 is 9.84 Å². The van der Waals surface area contributed by atoms with Crippen molar-refractivity contribution in [3.8, 4) is 5.88 Å². The van der Waals surface area contributed by atoms with Crippen LogP contribution in [-0.4, -0.2) is 41.4 Å². The number of hydrogen-bond donors (Lipinski definition) is 1. The van der Waals surface area contributed by atoms with Gasteiger partial charge in [0.1, 0.15) is 12.1 Å². The van der Waals surface area contributed by atoms with Gasteiger partial charge in [-0.2, -0.15) is 0 Å². The van der Waals surface area contributed by atoms with E-state index in [1.54, 1.807) is 6.33 Å². The molecule has 0 aliphatic heterocycles. The summed E-state index contributed by atoms with van der Waals surface area (Å²) in [7, 11) is 2.07. The molecule has 0 bridgehead atoms. The van der Waals surface area contributed by atoms with Crippen molar-refractivity contribution in [1.82, 2.24) is 9.97 Å². The third kappa shape index (κ3) is 3.56. The van der Waals surface area contributed by atoms with E-state index in [0.717, 1.165) is 31.5 Å². The van der Waals surface area contributed by atoms with Crippen LogP contribution < -0.4 is 9.64 Å². The van der Waals surface area contributed by atoms with Crippen molar-refractivity contribution in [3.63, 3.8) is 0 Å². The maximum atomic E-state index is 9.18. The maximum absolute atomic E-state index is 9.18. The van der Waals surface area contributed by atoms with Crippen molar-refractivity contribution in [2.24, 2.45) is 5.92 Å². The van der Waals surface area contributed by atoms with Crippen LogP contribution in [-0.2, 0) is 0 Å². The second-order valence-electron chi connectivity index (χ2n) is 5.12. The summed E-state index contributed by atoms with van der Waals surface area (Å²) in [5.74, 6) is 2.02. The van der Waals surface area contributed by atoms with Crippen molar-refractivity contribution >= 4 is 5.82 Å². The van der Waals surface area contributed by atoms with E-state index in [4.69, 9.17) is 4.74 Å². The SMILES string of the molecule is CCOc1cc(N(C)C2CCC(CO)CC2)ncn1. The van der Waals surface area contributed by atoms with Crippen molar-refractivity contribution in [2.75, 3.05) is 25.2 Å². The van der Waals surface area contributed by atoms with Gasteiger partial charge in [-0.1, -0.05) is 0 Å². The second-order valence-corrected chi connectivity index (χ2v) is 5.12. The van der Waals surface area contributed by atoms with Gasteiger partial charge >= 0.3 is 0 Å². The first-order valence-corrected chi connectivity index (χ1v) is 7.03. The Morgan fingerprint density at radius 2 is 2.05 bits per heavy atom. The predicted octanol–water partition coefficient (Wildman–Crippen LogP) is 1.86. The highest BCUT2D eigenvalue weighted by Crippen LogP contribution is 2.29. The second kappa shape index (κ2) is 6.70. The lowest BCUT2D eigenvalue weighted by Gasteiger charge is -2.34. The summed E-state index contributed by atoms with van der Waals surface area (Å²) in [6.07, 6.45) is 5.95. The van der Waals surface area contributed by atoms with Crippen molar-refractivity contribution in [3.05, 3.63) is 12.4 Å². The van der Waals surface area contributed by atoms with E-state index < -0.39 is 0 Å². The van der Waals surface area contributed by atoms with Gasteiger partial charge < -0.3 is 14.7 Å². The van der Waals surface area contributed by atoms with Gasteiger partial charge in [0.25, 0.3) is 0 Å². The smallest absolute Gasteiger partial charge is 0.218 e. The monoisotopic (exact) mass is 265 g/mol. The average Bonchev–Trinajstić information content (AvgIpc) is 2.47. The van der Waals surface area contributed by atoms with Crippen LogP contribution in [0.5, 0.6) is 5.88 Å². The Bertz CT molecular complexity index is 392. The quantitative estimate of drug-likeness (QED) is 0.880. The van der Waals surface area contributed by atoms with Gasteiger partial charge in [-0.15, -0.1) is 0 Å². The predicted molar refractivity (Wildman–Crippen MR) is 74.4 cm³/mol. The van der Waals surface area contributed by atoms with Crippen LogP contribution in [0.2, 0.25) is 0 Å². The summed E-state index contributed by atoms with van der Waals surface area (Å²) in [5, 5.41) is 9.18. The molecular weight excluding hydrogens is 242 g/mol. The van der Waals surface area contributed by atoms with Gasteiger partial charge in [-0.25, -0.2) is 9.97 Å². The number of rotatable bonds is 5. The summed E-state index contributed by atoms with van der Waals surface area (Å²) < 4.78 is 5.41. The molecule has 0 amide bonds. The van der Waals surface area contributed by atoms with Gasteiger partial charge in [0.05, 0.1) is 6.61 Å². The fraction of sp³-hybridized carbons (Fsp3) is 0.714. The highest BCUT2D eigenvalue weighted by Gasteiger charge is 2.24. The zero-order chi connectivity index (χ0) is 13.7. The van der Waals surface area contributed by atoms with E-state index >= 15 is 0 Å². The lowest BCUT2D eigenvalue weighted by Crippen LogP contribution is -2.36. The number of ether oxygens (including phenoxy) is 1. The highest BCUT2D eigenvalue weighted by molar-refractivity contribution is 5.41. The molecule has 106 valence electrons. The molecule has 1 fully saturated rings. The molecule has 1 aromatic rings. The van der Waals surface area contributed by atoms with Crippen LogP contribution in [0.3, 0.4) is 0 Å². The Balaban J connectivity index is 1.99. The Labute approximate surface area is 114 Å². The van der Waals surface area contributed by atoms with Crippen molar-refractivity contribution in [2.45, 2.75) is 38.6 Å². The molecule has 5 nitrogen and oxygen atoms in total. The Morgan fingerprint density at radius 3 is 2.68 bits per heavy atom. The van der Waals surface area contributed by atoms with E-state index in [2.05, 4.69) is 21.9 Å². The zero-order valence-electron chi connectivity index (χ0n) is 11.7. The molecule has 1 saturated carbocycles. The molecule has 1 aliphatic carbocycles. The van der Waals surface area contributed by atoms with Crippen LogP contribution in [0.4, 0.5) is 5.82 Å². The number of aliphatic hydroxyl groups excluding tert-OH is 1. The van der Waals surface area contributed by atoms with Crippen LogP contribution in [0.1, 0.15) is 32.6 Å². The van der Waals surface area contributed by atoms with E-state index in [1.165, 1.54) is 0 Å². The summed E-state index contributed by atoms with van der Waals surface area (Å²) in [6, 6.07) is 2.38. The van der Waals surface area contributed by atoms with Gasteiger partial charge in [0, 0.05) is 25.8 Å². The number of hydrogen-bond acceptors (Lipinski definition) is 5. The minimum atomic E-state index is 0.318.